The van der Waals surface area contributed by atoms with E-state index in [2.05, 4.69) is 43.5 Å². The van der Waals surface area contributed by atoms with Gasteiger partial charge in [-0.25, -0.2) is 0 Å². The molecule has 0 fully saturated rings. The molecule has 19 heavy (non-hydrogen) atoms. The molecule has 2 unspecified atom stereocenters. The summed E-state index contributed by atoms with van der Waals surface area (Å²) in [4.78, 5) is 11.4. The molecule has 1 aliphatic heterocycles. The third-order valence-electron chi connectivity index (χ3n) is 3.94. The molecule has 1 heterocycles. The molecular weight excluding hydrogens is 236 g/mol. The molecule has 0 saturated carbocycles. The maximum absolute atomic E-state index is 11.4. The number of hydrogen-bond donors (Lipinski definition) is 2. The molecule has 2 N–H and O–H groups in total. The first kappa shape index (κ1) is 14.1. The van der Waals surface area contributed by atoms with E-state index in [-0.39, 0.29) is 5.91 Å². The average molecular weight is 260 g/mol. The van der Waals surface area contributed by atoms with Crippen LogP contribution in [0.2, 0.25) is 0 Å². The summed E-state index contributed by atoms with van der Waals surface area (Å²) >= 11 is 0. The number of rotatable bonds is 6. The number of carbonyl (C=O) groups excluding carboxylic acids is 1. The highest BCUT2D eigenvalue weighted by molar-refractivity contribution is 5.99. The highest BCUT2D eigenvalue weighted by Crippen LogP contribution is 2.29. The van der Waals surface area contributed by atoms with Crippen molar-refractivity contribution in [3.05, 3.63) is 29.3 Å². The summed E-state index contributed by atoms with van der Waals surface area (Å²) in [5.41, 5.74) is 3.42. The van der Waals surface area contributed by atoms with Gasteiger partial charge in [-0.2, -0.15) is 0 Å². The molecule has 104 valence electrons. The number of anilines is 1. The van der Waals surface area contributed by atoms with Crippen LogP contribution >= 0.6 is 0 Å². The van der Waals surface area contributed by atoms with Gasteiger partial charge in [-0.1, -0.05) is 39.3 Å². The Labute approximate surface area is 115 Å². The minimum Gasteiger partial charge on any atom is -0.326 e. The molecule has 0 spiro atoms. The fourth-order valence-electron chi connectivity index (χ4n) is 2.62. The maximum atomic E-state index is 11.4. The summed E-state index contributed by atoms with van der Waals surface area (Å²) in [7, 11) is 0. The summed E-state index contributed by atoms with van der Waals surface area (Å²) in [6.45, 7) is 7.64. The summed E-state index contributed by atoms with van der Waals surface area (Å²) in [6.07, 6.45) is 2.86. The van der Waals surface area contributed by atoms with Gasteiger partial charge in [-0.05, 0) is 36.1 Å². The molecule has 0 bridgehead atoms. The van der Waals surface area contributed by atoms with E-state index in [1.807, 2.05) is 6.07 Å². The molecule has 0 aliphatic carbocycles. The van der Waals surface area contributed by atoms with E-state index in [1.165, 1.54) is 12.0 Å². The second kappa shape index (κ2) is 6.20. The van der Waals surface area contributed by atoms with Gasteiger partial charge in [0.2, 0.25) is 5.91 Å². The molecule has 2 rings (SSSR count). The summed E-state index contributed by atoms with van der Waals surface area (Å²) in [5, 5.41) is 6.45. The lowest BCUT2D eigenvalue weighted by molar-refractivity contribution is -0.115. The van der Waals surface area contributed by atoms with Gasteiger partial charge in [-0.3, -0.25) is 4.79 Å². The third-order valence-corrected chi connectivity index (χ3v) is 3.94. The molecule has 1 amide bonds. The van der Waals surface area contributed by atoms with Crippen molar-refractivity contribution in [2.45, 2.75) is 46.1 Å². The summed E-state index contributed by atoms with van der Waals surface area (Å²) in [5.74, 6) is 0.811. The van der Waals surface area contributed by atoms with E-state index in [4.69, 9.17) is 0 Å². The Kier molecular flexibility index (Phi) is 4.59. The van der Waals surface area contributed by atoms with Crippen molar-refractivity contribution in [1.82, 2.24) is 5.32 Å². The van der Waals surface area contributed by atoms with Crippen LogP contribution in [0.5, 0.6) is 0 Å². The average Bonchev–Trinajstić information content (AvgIpc) is 2.77. The van der Waals surface area contributed by atoms with Crippen molar-refractivity contribution in [1.29, 1.82) is 0 Å². The zero-order valence-corrected chi connectivity index (χ0v) is 12.1. The molecule has 0 aromatic heterocycles. The fraction of sp³-hybridized carbons (Fsp3) is 0.562. The number of benzene rings is 1. The topological polar surface area (TPSA) is 41.1 Å². The summed E-state index contributed by atoms with van der Waals surface area (Å²) < 4.78 is 0. The highest BCUT2D eigenvalue weighted by Gasteiger charge is 2.20. The van der Waals surface area contributed by atoms with Crippen molar-refractivity contribution < 1.29 is 4.79 Å². The van der Waals surface area contributed by atoms with Crippen LogP contribution in [0.15, 0.2) is 18.2 Å². The van der Waals surface area contributed by atoms with Crippen LogP contribution in [0.3, 0.4) is 0 Å². The minimum absolute atomic E-state index is 0.106. The van der Waals surface area contributed by atoms with Gasteiger partial charge in [0.15, 0.2) is 0 Å². The van der Waals surface area contributed by atoms with Crippen LogP contribution in [0.4, 0.5) is 5.69 Å². The number of carbonyl (C=O) groups is 1. The first-order valence-corrected chi connectivity index (χ1v) is 7.30. The summed E-state index contributed by atoms with van der Waals surface area (Å²) in [6, 6.07) is 6.75. The first-order chi connectivity index (χ1) is 9.13. The third kappa shape index (κ3) is 3.35. The zero-order valence-electron chi connectivity index (χ0n) is 12.1. The number of fused-ring (bicyclic) bond motifs is 1. The van der Waals surface area contributed by atoms with Crippen LogP contribution in [-0.2, 0) is 11.2 Å². The lowest BCUT2D eigenvalue weighted by Gasteiger charge is -2.22. The highest BCUT2D eigenvalue weighted by atomic mass is 16.1. The van der Waals surface area contributed by atoms with Crippen LogP contribution < -0.4 is 10.6 Å². The second-order valence-corrected chi connectivity index (χ2v) is 5.50. The number of hydrogen-bond acceptors (Lipinski definition) is 2. The van der Waals surface area contributed by atoms with E-state index < -0.39 is 0 Å². The predicted octanol–water partition coefficient (Wildman–Crippen LogP) is 3.27. The van der Waals surface area contributed by atoms with E-state index in [1.54, 1.807) is 0 Å². The number of nitrogens with one attached hydrogen (secondary N) is 2. The van der Waals surface area contributed by atoms with Crippen molar-refractivity contribution >= 4 is 11.6 Å². The van der Waals surface area contributed by atoms with Crippen LogP contribution in [0.25, 0.3) is 0 Å². The Morgan fingerprint density at radius 1 is 1.37 bits per heavy atom. The fourth-order valence-corrected chi connectivity index (χ4v) is 2.62. The van der Waals surface area contributed by atoms with E-state index in [9.17, 15) is 4.79 Å². The lowest BCUT2D eigenvalue weighted by Crippen LogP contribution is -2.23. The van der Waals surface area contributed by atoms with Gasteiger partial charge in [0.1, 0.15) is 0 Å². The van der Waals surface area contributed by atoms with Crippen LogP contribution in [0, 0.1) is 5.92 Å². The zero-order chi connectivity index (χ0) is 13.8. The largest absolute Gasteiger partial charge is 0.326 e. The van der Waals surface area contributed by atoms with E-state index in [0.717, 1.165) is 24.2 Å². The molecule has 1 aliphatic rings. The molecule has 2 atom stereocenters. The molecule has 1 aromatic rings. The molecular formula is C16H24N2O. The molecule has 1 aromatic carbocycles. The Balaban J connectivity index is 2.18. The van der Waals surface area contributed by atoms with Crippen LogP contribution in [-0.4, -0.2) is 12.5 Å². The first-order valence-electron chi connectivity index (χ1n) is 7.30. The minimum atomic E-state index is 0.106. The Morgan fingerprint density at radius 2 is 2.16 bits per heavy atom. The normalized spacial score (nSPS) is 16.9. The van der Waals surface area contributed by atoms with E-state index >= 15 is 0 Å². The van der Waals surface area contributed by atoms with Crippen molar-refractivity contribution in [3.8, 4) is 0 Å². The van der Waals surface area contributed by atoms with Crippen molar-refractivity contribution in [2.24, 2.45) is 5.92 Å². The Bertz CT molecular complexity index is 456. The van der Waals surface area contributed by atoms with E-state index in [0.29, 0.717) is 18.4 Å². The smallest absolute Gasteiger partial charge is 0.228 e. The second-order valence-electron chi connectivity index (χ2n) is 5.50. The van der Waals surface area contributed by atoms with Crippen LogP contribution in [0.1, 0.15) is 50.8 Å². The molecule has 3 nitrogen and oxygen atoms in total. The SMILES string of the molecule is CCNC(CC(C)CC)c1ccc2c(c1)CC(=O)N2. The van der Waals surface area contributed by atoms with Gasteiger partial charge in [-0.15, -0.1) is 0 Å². The quantitative estimate of drug-likeness (QED) is 0.824. The van der Waals surface area contributed by atoms with Gasteiger partial charge >= 0.3 is 0 Å². The number of amides is 1. The predicted molar refractivity (Wildman–Crippen MR) is 79.3 cm³/mol. The maximum Gasteiger partial charge on any atom is 0.228 e. The van der Waals surface area contributed by atoms with Crippen molar-refractivity contribution in [2.75, 3.05) is 11.9 Å². The van der Waals surface area contributed by atoms with Gasteiger partial charge in [0.05, 0.1) is 6.42 Å². The van der Waals surface area contributed by atoms with Gasteiger partial charge in [0, 0.05) is 11.7 Å². The Morgan fingerprint density at radius 3 is 2.84 bits per heavy atom. The monoisotopic (exact) mass is 260 g/mol. The van der Waals surface area contributed by atoms with Gasteiger partial charge in [0.25, 0.3) is 0 Å². The molecule has 0 saturated heterocycles. The standard InChI is InChI=1S/C16H24N2O/c1-4-11(3)8-15(17-5-2)12-6-7-14-13(9-12)10-16(19)18-14/h6-7,9,11,15,17H,4-5,8,10H2,1-3H3,(H,18,19). The Hall–Kier alpha value is -1.35. The molecule has 0 radical (unpaired) electrons. The molecule has 3 heteroatoms. The lowest BCUT2D eigenvalue weighted by atomic mass is 9.93. The van der Waals surface area contributed by atoms with Gasteiger partial charge < -0.3 is 10.6 Å². The van der Waals surface area contributed by atoms with Crippen molar-refractivity contribution in [3.63, 3.8) is 0 Å².